The summed E-state index contributed by atoms with van der Waals surface area (Å²) in [7, 11) is 1.79. The van der Waals surface area contributed by atoms with Gasteiger partial charge in [0.25, 0.3) is 0 Å². The van der Waals surface area contributed by atoms with Crippen LogP contribution in [0.1, 0.15) is 17.7 Å². The highest BCUT2D eigenvalue weighted by Crippen LogP contribution is 2.23. The summed E-state index contributed by atoms with van der Waals surface area (Å²) in [5, 5.41) is 9.84. The highest BCUT2D eigenvalue weighted by molar-refractivity contribution is 14.0. The second kappa shape index (κ2) is 11.7. The van der Waals surface area contributed by atoms with E-state index in [9.17, 15) is 0 Å². The molecule has 0 aliphatic heterocycles. The summed E-state index contributed by atoms with van der Waals surface area (Å²) in [6.07, 6.45) is 2.14. The monoisotopic (exact) mass is 492 g/mol. The Labute approximate surface area is 182 Å². The zero-order valence-corrected chi connectivity index (χ0v) is 18.5. The minimum Gasteiger partial charge on any atom is -0.356 e. The number of aliphatic imine (C=N–C) groups is 1. The standard InChI is InChI=1S/C21H24N4S.HI/c1-22-21(23-14-8-11-17-9-4-2-5-10-17)24-15-19-16-26-20(25-19)18-12-6-3-7-13-18;/h2-7,9-10,12-13,16H,8,11,14-15H2,1H3,(H2,22,23,24);1H. The SMILES string of the molecule is CN=C(NCCCc1ccccc1)NCc1csc(-c2ccccc2)n1.I. The van der Waals surface area contributed by atoms with Gasteiger partial charge in [-0.1, -0.05) is 60.7 Å². The lowest BCUT2D eigenvalue weighted by Crippen LogP contribution is -2.37. The van der Waals surface area contributed by atoms with E-state index in [-0.39, 0.29) is 24.0 Å². The molecule has 0 saturated carbocycles. The van der Waals surface area contributed by atoms with Crippen LogP contribution in [0.15, 0.2) is 71.0 Å². The zero-order valence-electron chi connectivity index (χ0n) is 15.4. The largest absolute Gasteiger partial charge is 0.356 e. The Morgan fingerprint density at radius 3 is 2.41 bits per heavy atom. The average molecular weight is 492 g/mol. The number of benzene rings is 2. The van der Waals surface area contributed by atoms with Gasteiger partial charge in [-0.05, 0) is 18.4 Å². The number of guanidine groups is 1. The van der Waals surface area contributed by atoms with E-state index in [1.54, 1.807) is 18.4 Å². The Balaban J connectivity index is 0.00000261. The Morgan fingerprint density at radius 2 is 1.70 bits per heavy atom. The molecule has 1 aromatic heterocycles. The third kappa shape index (κ3) is 6.95. The average Bonchev–Trinajstić information content (AvgIpc) is 3.18. The number of aromatic nitrogens is 1. The molecular weight excluding hydrogens is 467 g/mol. The Hall–Kier alpha value is -1.93. The summed E-state index contributed by atoms with van der Waals surface area (Å²) >= 11 is 1.67. The first-order valence-electron chi connectivity index (χ1n) is 8.83. The molecule has 2 N–H and O–H groups in total. The summed E-state index contributed by atoms with van der Waals surface area (Å²) < 4.78 is 0. The number of hydrogen-bond donors (Lipinski definition) is 2. The third-order valence-electron chi connectivity index (χ3n) is 4.01. The topological polar surface area (TPSA) is 49.3 Å². The first kappa shape index (κ1) is 21.4. The van der Waals surface area contributed by atoms with E-state index in [2.05, 4.69) is 63.5 Å². The van der Waals surface area contributed by atoms with Gasteiger partial charge in [0.15, 0.2) is 5.96 Å². The van der Waals surface area contributed by atoms with Crippen molar-refractivity contribution in [2.24, 2.45) is 4.99 Å². The molecule has 0 spiro atoms. The van der Waals surface area contributed by atoms with E-state index in [1.807, 2.05) is 18.2 Å². The van der Waals surface area contributed by atoms with Gasteiger partial charge < -0.3 is 10.6 Å². The summed E-state index contributed by atoms with van der Waals surface area (Å²) in [4.78, 5) is 8.98. The summed E-state index contributed by atoms with van der Waals surface area (Å²) in [6.45, 7) is 1.56. The van der Waals surface area contributed by atoms with Gasteiger partial charge in [0.1, 0.15) is 5.01 Å². The number of rotatable bonds is 7. The molecule has 0 radical (unpaired) electrons. The van der Waals surface area contributed by atoms with Crippen LogP contribution in [0.3, 0.4) is 0 Å². The second-order valence-electron chi connectivity index (χ2n) is 5.95. The number of nitrogens with one attached hydrogen (secondary N) is 2. The second-order valence-corrected chi connectivity index (χ2v) is 6.81. The lowest BCUT2D eigenvalue weighted by Gasteiger charge is -2.11. The van der Waals surface area contributed by atoms with Gasteiger partial charge in [-0.2, -0.15) is 0 Å². The molecule has 6 heteroatoms. The van der Waals surface area contributed by atoms with E-state index in [0.29, 0.717) is 6.54 Å². The van der Waals surface area contributed by atoms with Gasteiger partial charge in [-0.25, -0.2) is 4.98 Å². The molecule has 0 aliphatic carbocycles. The Bertz CT molecular complexity index is 818. The molecule has 2 aromatic carbocycles. The van der Waals surface area contributed by atoms with Gasteiger partial charge >= 0.3 is 0 Å². The molecule has 142 valence electrons. The molecule has 4 nitrogen and oxygen atoms in total. The number of thiazole rings is 1. The van der Waals surface area contributed by atoms with Crippen molar-refractivity contribution in [1.82, 2.24) is 15.6 Å². The summed E-state index contributed by atoms with van der Waals surface area (Å²) in [6, 6.07) is 20.8. The van der Waals surface area contributed by atoms with Crippen LogP contribution in [0.4, 0.5) is 0 Å². The van der Waals surface area contributed by atoms with Crippen LogP contribution in [-0.4, -0.2) is 24.5 Å². The molecule has 0 fully saturated rings. The molecule has 1 heterocycles. The van der Waals surface area contributed by atoms with Crippen LogP contribution in [-0.2, 0) is 13.0 Å². The van der Waals surface area contributed by atoms with Gasteiger partial charge in [0, 0.05) is 24.5 Å². The predicted octanol–water partition coefficient (Wildman–Crippen LogP) is 4.73. The minimum absolute atomic E-state index is 0. The van der Waals surface area contributed by atoms with Crippen LogP contribution in [0, 0.1) is 0 Å². The maximum Gasteiger partial charge on any atom is 0.191 e. The molecule has 0 unspecified atom stereocenters. The van der Waals surface area contributed by atoms with E-state index in [4.69, 9.17) is 4.98 Å². The fourth-order valence-corrected chi connectivity index (χ4v) is 3.47. The van der Waals surface area contributed by atoms with Gasteiger partial charge in [-0.15, -0.1) is 35.3 Å². The maximum atomic E-state index is 4.70. The molecule has 0 aliphatic rings. The fourth-order valence-electron chi connectivity index (χ4n) is 2.64. The zero-order chi connectivity index (χ0) is 18.0. The summed E-state index contributed by atoms with van der Waals surface area (Å²) in [5.74, 6) is 0.812. The van der Waals surface area contributed by atoms with Crippen LogP contribution in [0.5, 0.6) is 0 Å². The highest BCUT2D eigenvalue weighted by atomic mass is 127. The minimum atomic E-state index is 0. The van der Waals surface area contributed by atoms with Crippen LogP contribution in [0.2, 0.25) is 0 Å². The Morgan fingerprint density at radius 1 is 1.00 bits per heavy atom. The number of nitrogens with zero attached hydrogens (tertiary/aromatic N) is 2. The molecular formula is C21H25IN4S. The van der Waals surface area contributed by atoms with Crippen LogP contribution in [0.25, 0.3) is 10.6 Å². The van der Waals surface area contributed by atoms with E-state index in [1.165, 1.54) is 5.56 Å². The van der Waals surface area contributed by atoms with E-state index in [0.717, 1.165) is 41.6 Å². The predicted molar refractivity (Wildman–Crippen MR) is 126 cm³/mol. The number of aryl methyl sites for hydroxylation is 1. The van der Waals surface area contributed by atoms with Gasteiger partial charge in [-0.3, -0.25) is 4.99 Å². The van der Waals surface area contributed by atoms with E-state index < -0.39 is 0 Å². The van der Waals surface area contributed by atoms with Crippen molar-refractivity contribution in [2.75, 3.05) is 13.6 Å². The lowest BCUT2D eigenvalue weighted by molar-refractivity contribution is 0.739. The maximum absolute atomic E-state index is 4.70. The molecule has 0 atom stereocenters. The number of hydrogen-bond acceptors (Lipinski definition) is 3. The normalized spacial score (nSPS) is 10.9. The lowest BCUT2D eigenvalue weighted by atomic mass is 10.1. The molecule has 3 aromatic rings. The van der Waals surface area contributed by atoms with Gasteiger partial charge in [0.2, 0.25) is 0 Å². The summed E-state index contributed by atoms with van der Waals surface area (Å²) in [5.41, 5.74) is 3.56. The highest BCUT2D eigenvalue weighted by Gasteiger charge is 2.05. The number of halogens is 1. The first-order valence-corrected chi connectivity index (χ1v) is 9.71. The Kier molecular flexibility index (Phi) is 9.27. The van der Waals surface area contributed by atoms with E-state index >= 15 is 0 Å². The molecule has 27 heavy (non-hydrogen) atoms. The first-order chi connectivity index (χ1) is 12.8. The van der Waals surface area contributed by atoms with Crippen molar-refractivity contribution in [2.45, 2.75) is 19.4 Å². The van der Waals surface area contributed by atoms with Crippen molar-refractivity contribution in [3.05, 3.63) is 77.3 Å². The van der Waals surface area contributed by atoms with Crippen molar-refractivity contribution in [3.63, 3.8) is 0 Å². The quantitative estimate of drug-likeness (QED) is 0.217. The molecule has 0 bridgehead atoms. The smallest absolute Gasteiger partial charge is 0.191 e. The molecule has 0 amide bonds. The van der Waals surface area contributed by atoms with Crippen molar-refractivity contribution < 1.29 is 0 Å². The van der Waals surface area contributed by atoms with Crippen molar-refractivity contribution >= 4 is 41.3 Å². The third-order valence-corrected chi connectivity index (χ3v) is 4.95. The van der Waals surface area contributed by atoms with Crippen LogP contribution < -0.4 is 10.6 Å². The molecule has 0 saturated heterocycles. The van der Waals surface area contributed by atoms with Crippen molar-refractivity contribution in [3.8, 4) is 10.6 Å². The van der Waals surface area contributed by atoms with Crippen LogP contribution >= 0.6 is 35.3 Å². The van der Waals surface area contributed by atoms with Crippen molar-refractivity contribution in [1.29, 1.82) is 0 Å². The molecule has 3 rings (SSSR count). The van der Waals surface area contributed by atoms with Gasteiger partial charge in [0.05, 0.1) is 12.2 Å². The fraction of sp³-hybridized carbons (Fsp3) is 0.238.